The van der Waals surface area contributed by atoms with Crippen LogP contribution in [0.2, 0.25) is 0 Å². The average Bonchev–Trinajstić information content (AvgIpc) is 2.94. The highest BCUT2D eigenvalue weighted by Gasteiger charge is 2.19. The molecule has 2 heterocycles. The summed E-state index contributed by atoms with van der Waals surface area (Å²) in [7, 11) is 1.30. The van der Waals surface area contributed by atoms with Crippen molar-refractivity contribution in [1.82, 2.24) is 9.38 Å². The van der Waals surface area contributed by atoms with E-state index in [1.165, 1.54) is 19.4 Å². The molecule has 2 aromatic heterocycles. The average molecular weight is 310 g/mol. The summed E-state index contributed by atoms with van der Waals surface area (Å²) in [6.07, 6.45) is 1.54. The highest BCUT2D eigenvalue weighted by Crippen LogP contribution is 2.24. The number of hydrogen-bond donors (Lipinski definition) is 1. The molecule has 0 aliphatic rings. The molecule has 0 fully saturated rings. The number of aryl methyl sites for hydroxylation is 1. The topological polar surface area (TPSA) is 80.9 Å². The largest absolute Gasteiger partial charge is 0.476 e. The number of imidazole rings is 1. The highest BCUT2D eigenvalue weighted by atomic mass is 16.5. The number of carboxylic acids is 1. The van der Waals surface area contributed by atoms with Gasteiger partial charge in [-0.15, -0.1) is 0 Å². The Hall–Kier alpha value is -3.15. The number of carboxylic acid groups (broad SMARTS) is 1. The summed E-state index contributed by atoms with van der Waals surface area (Å²) in [5, 5.41) is 9.34. The van der Waals surface area contributed by atoms with Crippen molar-refractivity contribution in [1.29, 1.82) is 0 Å². The number of hydrogen-bond acceptors (Lipinski definition) is 4. The standard InChI is InChI=1S/C17H14N2O4/c1-10-3-5-11(6-4-10)15-18-14(16(20)21)13-8-7-12(9-19(13)15)17(22)23-2/h3-9H,1-2H3,(H,20,21). The molecule has 23 heavy (non-hydrogen) atoms. The van der Waals surface area contributed by atoms with Gasteiger partial charge in [-0.25, -0.2) is 14.6 Å². The number of rotatable bonds is 3. The second-order valence-corrected chi connectivity index (χ2v) is 5.12. The van der Waals surface area contributed by atoms with Gasteiger partial charge in [0.05, 0.1) is 18.2 Å². The summed E-state index contributed by atoms with van der Waals surface area (Å²) in [6.45, 7) is 1.96. The molecule has 1 N–H and O–H groups in total. The summed E-state index contributed by atoms with van der Waals surface area (Å²) >= 11 is 0. The van der Waals surface area contributed by atoms with Crippen LogP contribution in [-0.4, -0.2) is 33.5 Å². The van der Waals surface area contributed by atoms with Gasteiger partial charge < -0.3 is 9.84 Å². The zero-order valence-corrected chi connectivity index (χ0v) is 12.6. The molecule has 0 aliphatic heterocycles. The number of ether oxygens (including phenoxy) is 1. The lowest BCUT2D eigenvalue weighted by Gasteiger charge is -2.04. The van der Waals surface area contributed by atoms with Crippen molar-refractivity contribution < 1.29 is 19.4 Å². The maximum atomic E-state index is 11.7. The maximum absolute atomic E-state index is 11.7. The number of methoxy groups -OCH3 is 1. The van der Waals surface area contributed by atoms with Crippen LogP contribution in [0, 0.1) is 6.92 Å². The zero-order valence-electron chi connectivity index (χ0n) is 12.6. The van der Waals surface area contributed by atoms with Crippen molar-refractivity contribution in [2.24, 2.45) is 0 Å². The number of esters is 1. The lowest BCUT2D eigenvalue weighted by Crippen LogP contribution is -2.03. The fourth-order valence-electron chi connectivity index (χ4n) is 2.39. The minimum Gasteiger partial charge on any atom is -0.476 e. The van der Waals surface area contributed by atoms with Crippen molar-refractivity contribution in [2.45, 2.75) is 6.92 Å². The minimum atomic E-state index is -1.12. The third kappa shape index (κ3) is 2.55. The number of pyridine rings is 1. The number of aromatic carboxylic acids is 1. The van der Waals surface area contributed by atoms with Gasteiger partial charge >= 0.3 is 11.9 Å². The van der Waals surface area contributed by atoms with Crippen molar-refractivity contribution in [3.8, 4) is 11.4 Å². The second-order valence-electron chi connectivity index (χ2n) is 5.12. The van der Waals surface area contributed by atoms with E-state index >= 15 is 0 Å². The van der Waals surface area contributed by atoms with Gasteiger partial charge in [-0.1, -0.05) is 29.8 Å². The van der Waals surface area contributed by atoms with Crippen molar-refractivity contribution in [3.63, 3.8) is 0 Å². The Bertz CT molecular complexity index is 910. The predicted molar refractivity (Wildman–Crippen MR) is 83.7 cm³/mol. The molecule has 6 heteroatoms. The number of benzene rings is 1. The molecular formula is C17H14N2O4. The van der Waals surface area contributed by atoms with E-state index in [4.69, 9.17) is 4.74 Å². The highest BCUT2D eigenvalue weighted by molar-refractivity contribution is 5.96. The minimum absolute atomic E-state index is 0.0583. The van der Waals surface area contributed by atoms with Gasteiger partial charge in [-0.05, 0) is 19.1 Å². The van der Waals surface area contributed by atoms with E-state index in [1.807, 2.05) is 31.2 Å². The first-order valence-corrected chi connectivity index (χ1v) is 6.92. The Morgan fingerprint density at radius 2 is 1.83 bits per heavy atom. The summed E-state index contributed by atoms with van der Waals surface area (Å²) in [5.41, 5.74) is 2.53. The van der Waals surface area contributed by atoms with Crippen LogP contribution in [0.3, 0.4) is 0 Å². The molecule has 3 rings (SSSR count). The maximum Gasteiger partial charge on any atom is 0.356 e. The molecule has 0 spiro atoms. The smallest absolute Gasteiger partial charge is 0.356 e. The fraction of sp³-hybridized carbons (Fsp3) is 0.118. The van der Waals surface area contributed by atoms with E-state index < -0.39 is 11.9 Å². The zero-order chi connectivity index (χ0) is 16.6. The Balaban J connectivity index is 2.28. The van der Waals surface area contributed by atoms with Gasteiger partial charge in [-0.3, -0.25) is 4.40 Å². The van der Waals surface area contributed by atoms with Crippen LogP contribution in [0.25, 0.3) is 16.9 Å². The first-order chi connectivity index (χ1) is 11.0. The molecule has 0 saturated heterocycles. The number of carbonyl (C=O) groups is 2. The Labute approximate surface area is 132 Å². The molecule has 0 aliphatic carbocycles. The Kier molecular flexibility index (Phi) is 3.57. The van der Waals surface area contributed by atoms with Crippen LogP contribution in [-0.2, 0) is 4.74 Å². The molecule has 1 aromatic carbocycles. The quantitative estimate of drug-likeness (QED) is 0.752. The van der Waals surface area contributed by atoms with E-state index in [9.17, 15) is 14.7 Å². The van der Waals surface area contributed by atoms with Crippen molar-refractivity contribution in [2.75, 3.05) is 7.11 Å². The van der Waals surface area contributed by atoms with E-state index in [0.29, 0.717) is 16.9 Å². The van der Waals surface area contributed by atoms with Crippen LogP contribution in [0.1, 0.15) is 26.4 Å². The van der Waals surface area contributed by atoms with E-state index in [1.54, 1.807) is 10.5 Å². The number of nitrogens with zero attached hydrogens (tertiary/aromatic N) is 2. The molecule has 116 valence electrons. The van der Waals surface area contributed by atoms with Gasteiger partial charge in [0.25, 0.3) is 0 Å². The molecule has 0 amide bonds. The van der Waals surface area contributed by atoms with Crippen LogP contribution < -0.4 is 0 Å². The lowest BCUT2D eigenvalue weighted by atomic mass is 10.1. The molecule has 0 radical (unpaired) electrons. The first kappa shape index (κ1) is 14.8. The van der Waals surface area contributed by atoms with E-state index in [0.717, 1.165) is 11.1 Å². The third-order valence-corrected chi connectivity index (χ3v) is 3.57. The number of fused-ring (bicyclic) bond motifs is 1. The van der Waals surface area contributed by atoms with E-state index in [-0.39, 0.29) is 5.69 Å². The normalized spacial score (nSPS) is 10.7. The second kappa shape index (κ2) is 5.57. The number of carbonyl (C=O) groups excluding carboxylic acids is 1. The Morgan fingerprint density at radius 1 is 1.13 bits per heavy atom. The van der Waals surface area contributed by atoms with Crippen molar-refractivity contribution in [3.05, 3.63) is 59.4 Å². The number of aromatic nitrogens is 2. The molecule has 0 saturated carbocycles. The van der Waals surface area contributed by atoms with Crippen LogP contribution >= 0.6 is 0 Å². The summed E-state index contributed by atoms with van der Waals surface area (Å²) in [4.78, 5) is 27.4. The van der Waals surface area contributed by atoms with Gasteiger partial charge in [0.2, 0.25) is 0 Å². The summed E-state index contributed by atoms with van der Waals surface area (Å²) in [6, 6.07) is 10.6. The SMILES string of the molecule is COC(=O)c1ccc2c(C(=O)O)nc(-c3ccc(C)cc3)n2c1. The molecular weight excluding hydrogens is 296 g/mol. The van der Waals surface area contributed by atoms with Gasteiger partial charge in [0.15, 0.2) is 5.69 Å². The molecule has 0 unspecified atom stereocenters. The molecule has 0 atom stereocenters. The van der Waals surface area contributed by atoms with E-state index in [2.05, 4.69) is 4.98 Å². The molecule has 6 nitrogen and oxygen atoms in total. The van der Waals surface area contributed by atoms with Crippen LogP contribution in [0.5, 0.6) is 0 Å². The first-order valence-electron chi connectivity index (χ1n) is 6.92. The van der Waals surface area contributed by atoms with Crippen LogP contribution in [0.4, 0.5) is 0 Å². The summed E-state index contributed by atoms with van der Waals surface area (Å²) in [5.74, 6) is -1.15. The third-order valence-electron chi connectivity index (χ3n) is 3.57. The van der Waals surface area contributed by atoms with Crippen molar-refractivity contribution >= 4 is 17.5 Å². The monoisotopic (exact) mass is 310 g/mol. The van der Waals surface area contributed by atoms with Gasteiger partial charge in [0.1, 0.15) is 5.82 Å². The Morgan fingerprint density at radius 3 is 2.43 bits per heavy atom. The summed E-state index contributed by atoms with van der Waals surface area (Å²) < 4.78 is 6.31. The fourth-order valence-corrected chi connectivity index (χ4v) is 2.39. The predicted octanol–water partition coefficient (Wildman–Crippen LogP) is 2.79. The van der Waals surface area contributed by atoms with Crippen LogP contribution in [0.15, 0.2) is 42.6 Å². The molecule has 3 aromatic rings. The lowest BCUT2D eigenvalue weighted by molar-refractivity contribution is 0.0599. The van der Waals surface area contributed by atoms with Gasteiger partial charge in [-0.2, -0.15) is 0 Å². The molecule has 0 bridgehead atoms. The van der Waals surface area contributed by atoms with Gasteiger partial charge in [0, 0.05) is 11.8 Å².